The summed E-state index contributed by atoms with van der Waals surface area (Å²) in [6.45, 7) is 4.09. The maximum Gasteiger partial charge on any atom is 0.335 e. The van der Waals surface area contributed by atoms with Crippen LogP contribution >= 0.6 is 0 Å². The normalized spacial score (nSPS) is 11.1. The summed E-state index contributed by atoms with van der Waals surface area (Å²) in [6, 6.07) is 13.3. The summed E-state index contributed by atoms with van der Waals surface area (Å²) in [6.07, 6.45) is 0. The van der Waals surface area contributed by atoms with Crippen molar-refractivity contribution in [2.24, 2.45) is 0 Å². The van der Waals surface area contributed by atoms with Crippen LogP contribution in [0.4, 0.5) is 0 Å². The maximum absolute atomic E-state index is 12.4. The van der Waals surface area contributed by atoms with Crippen molar-refractivity contribution in [3.05, 3.63) is 69.9 Å². The highest BCUT2D eigenvalue weighted by Gasteiger charge is 2.12. The van der Waals surface area contributed by atoms with Gasteiger partial charge in [0.1, 0.15) is 11.3 Å². The standard InChI is InChI=1S/C19H16O4/c1-11(2)14-4-3-5-15-16(20)10-17(23-18(14)15)12-6-8-13(9-7-12)19(21)22/h3-11H,1-2H3,(H,21,22). The van der Waals surface area contributed by atoms with E-state index in [0.29, 0.717) is 22.3 Å². The van der Waals surface area contributed by atoms with Crippen LogP contribution in [-0.4, -0.2) is 11.1 Å². The predicted molar refractivity (Wildman–Crippen MR) is 89.0 cm³/mol. The van der Waals surface area contributed by atoms with Crippen LogP contribution in [0.3, 0.4) is 0 Å². The maximum atomic E-state index is 12.4. The van der Waals surface area contributed by atoms with Gasteiger partial charge in [-0.2, -0.15) is 0 Å². The van der Waals surface area contributed by atoms with Crippen molar-refractivity contribution in [2.45, 2.75) is 19.8 Å². The minimum atomic E-state index is -0.987. The quantitative estimate of drug-likeness (QED) is 0.784. The fraction of sp³-hybridized carbons (Fsp3) is 0.158. The lowest BCUT2D eigenvalue weighted by Crippen LogP contribution is -2.03. The van der Waals surface area contributed by atoms with Crippen molar-refractivity contribution in [1.29, 1.82) is 0 Å². The fourth-order valence-corrected chi connectivity index (χ4v) is 2.57. The van der Waals surface area contributed by atoms with Gasteiger partial charge < -0.3 is 9.52 Å². The number of carboxylic acid groups (broad SMARTS) is 1. The number of carbonyl (C=O) groups is 1. The minimum absolute atomic E-state index is 0.105. The topological polar surface area (TPSA) is 67.5 Å². The molecular formula is C19H16O4. The highest BCUT2D eigenvalue weighted by molar-refractivity contribution is 5.88. The summed E-state index contributed by atoms with van der Waals surface area (Å²) in [4.78, 5) is 23.3. The second-order valence-electron chi connectivity index (χ2n) is 5.74. The highest BCUT2D eigenvalue weighted by Crippen LogP contribution is 2.28. The Labute approximate surface area is 133 Å². The monoisotopic (exact) mass is 308 g/mol. The van der Waals surface area contributed by atoms with Gasteiger partial charge in [0, 0.05) is 11.6 Å². The lowest BCUT2D eigenvalue weighted by atomic mass is 10.00. The Morgan fingerprint density at radius 3 is 2.39 bits per heavy atom. The van der Waals surface area contributed by atoms with Crippen LogP contribution in [-0.2, 0) is 0 Å². The Morgan fingerprint density at radius 2 is 1.78 bits per heavy atom. The fourth-order valence-electron chi connectivity index (χ4n) is 2.57. The van der Waals surface area contributed by atoms with Crippen LogP contribution in [0.5, 0.6) is 0 Å². The average Bonchev–Trinajstić information content (AvgIpc) is 2.54. The Kier molecular flexibility index (Phi) is 3.74. The highest BCUT2D eigenvalue weighted by atomic mass is 16.4. The van der Waals surface area contributed by atoms with Crippen LogP contribution in [0.15, 0.2) is 57.7 Å². The van der Waals surface area contributed by atoms with Gasteiger partial charge in [0.2, 0.25) is 0 Å². The Hall–Kier alpha value is -2.88. The van der Waals surface area contributed by atoms with E-state index >= 15 is 0 Å². The molecule has 116 valence electrons. The lowest BCUT2D eigenvalue weighted by molar-refractivity contribution is 0.0697. The van der Waals surface area contributed by atoms with Crippen LogP contribution in [0, 0.1) is 0 Å². The second-order valence-corrected chi connectivity index (χ2v) is 5.74. The van der Waals surface area contributed by atoms with Crippen molar-refractivity contribution in [1.82, 2.24) is 0 Å². The van der Waals surface area contributed by atoms with Gasteiger partial charge in [-0.1, -0.05) is 38.1 Å². The third-order valence-electron chi connectivity index (χ3n) is 3.82. The van der Waals surface area contributed by atoms with E-state index in [1.165, 1.54) is 18.2 Å². The first kappa shape index (κ1) is 15.0. The summed E-state index contributed by atoms with van der Waals surface area (Å²) in [5, 5.41) is 9.51. The van der Waals surface area contributed by atoms with Crippen molar-refractivity contribution in [3.8, 4) is 11.3 Å². The summed E-state index contributed by atoms with van der Waals surface area (Å²) in [7, 11) is 0. The molecule has 3 aromatic rings. The number of rotatable bonds is 3. The van der Waals surface area contributed by atoms with E-state index < -0.39 is 5.97 Å². The molecule has 0 saturated heterocycles. The summed E-state index contributed by atoms with van der Waals surface area (Å²) in [5.74, 6) is -0.322. The zero-order valence-electron chi connectivity index (χ0n) is 12.9. The van der Waals surface area contributed by atoms with Crippen LogP contribution < -0.4 is 5.43 Å². The smallest absolute Gasteiger partial charge is 0.335 e. The molecule has 4 heteroatoms. The minimum Gasteiger partial charge on any atom is -0.478 e. The third kappa shape index (κ3) is 2.75. The molecule has 0 fully saturated rings. The molecule has 0 atom stereocenters. The zero-order chi connectivity index (χ0) is 16.6. The molecule has 3 rings (SSSR count). The SMILES string of the molecule is CC(C)c1cccc2c(=O)cc(-c3ccc(C(=O)O)cc3)oc12. The van der Waals surface area contributed by atoms with Crippen LogP contribution in [0.1, 0.15) is 35.7 Å². The van der Waals surface area contributed by atoms with Crippen molar-refractivity contribution < 1.29 is 14.3 Å². The second kappa shape index (κ2) is 5.72. The van der Waals surface area contributed by atoms with Gasteiger partial charge in [0.05, 0.1) is 10.9 Å². The number of carboxylic acids is 1. The molecule has 1 N–H and O–H groups in total. The Bertz CT molecular complexity index is 934. The van der Waals surface area contributed by atoms with Crippen LogP contribution in [0.2, 0.25) is 0 Å². The van der Waals surface area contributed by atoms with E-state index in [1.807, 2.05) is 26.0 Å². The molecule has 0 aliphatic carbocycles. The summed E-state index contributed by atoms with van der Waals surface area (Å²) < 4.78 is 5.97. The molecule has 4 nitrogen and oxygen atoms in total. The van der Waals surface area contributed by atoms with E-state index in [9.17, 15) is 9.59 Å². The first-order valence-electron chi connectivity index (χ1n) is 7.38. The zero-order valence-corrected chi connectivity index (χ0v) is 12.9. The Balaban J connectivity index is 2.20. The van der Waals surface area contributed by atoms with Crippen molar-refractivity contribution >= 4 is 16.9 Å². The molecular weight excluding hydrogens is 292 g/mol. The number of fused-ring (bicyclic) bond motifs is 1. The summed E-state index contributed by atoms with van der Waals surface area (Å²) >= 11 is 0. The largest absolute Gasteiger partial charge is 0.478 e. The molecule has 0 aliphatic heterocycles. The van der Waals surface area contributed by atoms with Gasteiger partial charge in [-0.25, -0.2) is 4.79 Å². The molecule has 0 spiro atoms. The molecule has 0 bridgehead atoms. The van der Waals surface area contributed by atoms with Gasteiger partial charge in [-0.05, 0) is 29.7 Å². The molecule has 0 amide bonds. The first-order valence-corrected chi connectivity index (χ1v) is 7.38. The number of hydrogen-bond acceptors (Lipinski definition) is 3. The number of para-hydroxylation sites is 1. The van der Waals surface area contributed by atoms with Gasteiger partial charge in [-0.3, -0.25) is 4.79 Å². The molecule has 1 aromatic heterocycles. The number of aromatic carboxylic acids is 1. The molecule has 0 aliphatic rings. The lowest BCUT2D eigenvalue weighted by Gasteiger charge is -2.10. The van der Waals surface area contributed by atoms with Crippen LogP contribution in [0.25, 0.3) is 22.3 Å². The van der Waals surface area contributed by atoms with Crippen molar-refractivity contribution in [3.63, 3.8) is 0 Å². The Morgan fingerprint density at radius 1 is 1.09 bits per heavy atom. The van der Waals surface area contributed by atoms with Gasteiger partial charge in [-0.15, -0.1) is 0 Å². The number of benzene rings is 2. The third-order valence-corrected chi connectivity index (χ3v) is 3.82. The number of hydrogen-bond donors (Lipinski definition) is 1. The molecule has 23 heavy (non-hydrogen) atoms. The summed E-state index contributed by atoms with van der Waals surface area (Å²) in [5.41, 5.74) is 2.33. The van der Waals surface area contributed by atoms with E-state index in [2.05, 4.69) is 0 Å². The predicted octanol–water partition coefficient (Wildman–Crippen LogP) is 4.28. The molecule has 2 aromatic carbocycles. The molecule has 0 saturated carbocycles. The van der Waals surface area contributed by atoms with E-state index in [1.54, 1.807) is 18.2 Å². The molecule has 0 unspecified atom stereocenters. The molecule has 0 radical (unpaired) electrons. The van der Waals surface area contributed by atoms with Gasteiger partial charge in [0.15, 0.2) is 5.43 Å². The van der Waals surface area contributed by atoms with Crippen molar-refractivity contribution in [2.75, 3.05) is 0 Å². The van der Waals surface area contributed by atoms with E-state index in [-0.39, 0.29) is 16.9 Å². The average molecular weight is 308 g/mol. The first-order chi connectivity index (χ1) is 11.0. The van der Waals surface area contributed by atoms with Gasteiger partial charge >= 0.3 is 5.97 Å². The van der Waals surface area contributed by atoms with E-state index in [0.717, 1.165) is 5.56 Å². The van der Waals surface area contributed by atoms with E-state index in [4.69, 9.17) is 9.52 Å². The van der Waals surface area contributed by atoms with Gasteiger partial charge in [0.25, 0.3) is 0 Å². The molecule has 1 heterocycles.